The predicted molar refractivity (Wildman–Crippen MR) is 69.3 cm³/mol. The van der Waals surface area contributed by atoms with Gasteiger partial charge in [0.25, 0.3) is 5.56 Å². The summed E-state index contributed by atoms with van der Waals surface area (Å²) >= 11 is 0. The molecule has 0 amide bonds. The van der Waals surface area contributed by atoms with Gasteiger partial charge in [0.2, 0.25) is 0 Å². The molecule has 1 heterocycles. The van der Waals surface area contributed by atoms with Crippen molar-refractivity contribution < 1.29 is 0 Å². The second-order valence-electron chi connectivity index (χ2n) is 5.29. The zero-order valence-corrected chi connectivity index (χ0v) is 10.9. The van der Waals surface area contributed by atoms with Gasteiger partial charge in [-0.05, 0) is 38.5 Å². The van der Waals surface area contributed by atoms with Crippen LogP contribution < -0.4 is 10.9 Å². The molecule has 1 aromatic rings. The normalized spacial score (nSPS) is 17.2. The Labute approximate surface area is 102 Å². The number of nitrogens with zero attached hydrogens (tertiary/aromatic N) is 2. The maximum atomic E-state index is 12.1. The van der Waals surface area contributed by atoms with Gasteiger partial charge in [0.1, 0.15) is 0 Å². The topological polar surface area (TPSA) is 46.9 Å². The maximum Gasteiger partial charge on any atom is 0.293 e. The van der Waals surface area contributed by atoms with E-state index in [4.69, 9.17) is 0 Å². The molecule has 0 spiro atoms. The third kappa shape index (κ3) is 2.51. The highest BCUT2D eigenvalue weighted by Gasteiger charge is 2.40. The van der Waals surface area contributed by atoms with Gasteiger partial charge < -0.3 is 9.88 Å². The Morgan fingerprint density at radius 3 is 2.76 bits per heavy atom. The monoisotopic (exact) mass is 235 g/mol. The van der Waals surface area contributed by atoms with Crippen molar-refractivity contribution in [1.82, 2.24) is 9.55 Å². The van der Waals surface area contributed by atoms with E-state index >= 15 is 0 Å². The average Bonchev–Trinajstić information content (AvgIpc) is 3.08. The van der Waals surface area contributed by atoms with E-state index < -0.39 is 0 Å². The van der Waals surface area contributed by atoms with Crippen LogP contribution in [0.3, 0.4) is 0 Å². The molecule has 1 saturated carbocycles. The highest BCUT2D eigenvalue weighted by molar-refractivity contribution is 5.32. The van der Waals surface area contributed by atoms with Crippen LogP contribution in [0.5, 0.6) is 0 Å². The molecule has 1 aromatic heterocycles. The maximum absolute atomic E-state index is 12.1. The molecule has 4 nitrogen and oxygen atoms in total. The minimum atomic E-state index is -0.0191. The van der Waals surface area contributed by atoms with Crippen LogP contribution in [-0.2, 0) is 0 Å². The van der Waals surface area contributed by atoms with Crippen molar-refractivity contribution in [2.75, 3.05) is 11.9 Å². The molecule has 1 fully saturated rings. The summed E-state index contributed by atoms with van der Waals surface area (Å²) in [4.78, 5) is 16.2. The van der Waals surface area contributed by atoms with E-state index in [-0.39, 0.29) is 11.6 Å². The van der Waals surface area contributed by atoms with Gasteiger partial charge in [0, 0.05) is 25.0 Å². The van der Waals surface area contributed by atoms with Crippen molar-refractivity contribution in [3.63, 3.8) is 0 Å². The molecule has 2 rings (SSSR count). The summed E-state index contributed by atoms with van der Waals surface area (Å²) in [7, 11) is 0. The number of hydrogen-bond donors (Lipinski definition) is 1. The van der Waals surface area contributed by atoms with Gasteiger partial charge in [-0.15, -0.1) is 0 Å². The molecule has 1 aliphatic rings. The summed E-state index contributed by atoms with van der Waals surface area (Å²) in [5.74, 6) is 0.487. The Morgan fingerprint density at radius 2 is 2.24 bits per heavy atom. The van der Waals surface area contributed by atoms with E-state index in [1.54, 1.807) is 17.0 Å². The molecule has 0 radical (unpaired) electrons. The Hall–Kier alpha value is -1.32. The molecular weight excluding hydrogens is 214 g/mol. The van der Waals surface area contributed by atoms with E-state index in [2.05, 4.69) is 17.2 Å². The van der Waals surface area contributed by atoms with Crippen LogP contribution in [0.1, 0.15) is 46.1 Å². The number of nitrogens with one attached hydrogen (secondary N) is 1. The lowest BCUT2D eigenvalue weighted by atomic mass is 10.0. The van der Waals surface area contributed by atoms with Crippen LogP contribution in [0.25, 0.3) is 0 Å². The first-order valence-corrected chi connectivity index (χ1v) is 6.39. The van der Waals surface area contributed by atoms with Crippen molar-refractivity contribution in [2.24, 2.45) is 5.41 Å². The third-order valence-corrected chi connectivity index (χ3v) is 3.76. The molecular formula is C13H21N3O. The van der Waals surface area contributed by atoms with Crippen molar-refractivity contribution in [2.45, 2.75) is 46.1 Å². The van der Waals surface area contributed by atoms with Crippen LogP contribution in [-0.4, -0.2) is 16.1 Å². The Kier molecular flexibility index (Phi) is 3.22. The molecule has 17 heavy (non-hydrogen) atoms. The summed E-state index contributed by atoms with van der Waals surface area (Å²) in [6, 6.07) is 0.173. The molecule has 0 aromatic carbocycles. The van der Waals surface area contributed by atoms with Crippen molar-refractivity contribution in [1.29, 1.82) is 0 Å². The zero-order valence-electron chi connectivity index (χ0n) is 10.9. The van der Waals surface area contributed by atoms with Gasteiger partial charge in [-0.3, -0.25) is 4.79 Å². The number of aromatic nitrogens is 2. The molecule has 0 saturated heterocycles. The van der Waals surface area contributed by atoms with Crippen LogP contribution in [0, 0.1) is 5.41 Å². The minimum Gasteiger partial charge on any atom is -0.365 e. The summed E-state index contributed by atoms with van der Waals surface area (Å²) < 4.78 is 1.71. The quantitative estimate of drug-likeness (QED) is 0.852. The Balaban J connectivity index is 2.11. The lowest BCUT2D eigenvalue weighted by molar-refractivity contribution is 0.518. The molecule has 0 bridgehead atoms. The molecule has 4 heteroatoms. The van der Waals surface area contributed by atoms with E-state index in [9.17, 15) is 4.79 Å². The van der Waals surface area contributed by atoms with Gasteiger partial charge in [0.15, 0.2) is 5.82 Å². The van der Waals surface area contributed by atoms with Crippen LogP contribution in [0.15, 0.2) is 17.2 Å². The fraction of sp³-hybridized carbons (Fsp3) is 0.692. The molecule has 0 atom stereocenters. The summed E-state index contributed by atoms with van der Waals surface area (Å²) in [5, 5.41) is 3.22. The second kappa shape index (κ2) is 4.51. The first-order chi connectivity index (χ1) is 8.08. The Morgan fingerprint density at radius 1 is 1.53 bits per heavy atom. The summed E-state index contributed by atoms with van der Waals surface area (Å²) in [5.41, 5.74) is 0.404. The Bertz CT molecular complexity index is 446. The lowest BCUT2D eigenvalue weighted by Crippen LogP contribution is -2.27. The third-order valence-electron chi connectivity index (χ3n) is 3.76. The highest BCUT2D eigenvalue weighted by atomic mass is 16.1. The molecule has 1 N–H and O–H groups in total. The van der Waals surface area contributed by atoms with E-state index in [1.807, 2.05) is 13.8 Å². The van der Waals surface area contributed by atoms with Gasteiger partial charge in [0.05, 0.1) is 0 Å². The van der Waals surface area contributed by atoms with Crippen LogP contribution in [0.4, 0.5) is 5.82 Å². The van der Waals surface area contributed by atoms with Crippen molar-refractivity contribution in [3.8, 4) is 0 Å². The second-order valence-corrected chi connectivity index (χ2v) is 5.29. The molecule has 1 aliphatic carbocycles. The fourth-order valence-corrected chi connectivity index (χ4v) is 2.06. The van der Waals surface area contributed by atoms with Gasteiger partial charge in [-0.25, -0.2) is 4.98 Å². The fourth-order valence-electron chi connectivity index (χ4n) is 2.06. The van der Waals surface area contributed by atoms with Crippen LogP contribution in [0.2, 0.25) is 0 Å². The van der Waals surface area contributed by atoms with E-state index in [0.717, 1.165) is 6.54 Å². The van der Waals surface area contributed by atoms with Gasteiger partial charge in [-0.2, -0.15) is 0 Å². The first-order valence-electron chi connectivity index (χ1n) is 6.39. The number of hydrogen-bond acceptors (Lipinski definition) is 3. The predicted octanol–water partition coefficient (Wildman–Crippen LogP) is 2.43. The zero-order chi connectivity index (χ0) is 12.5. The van der Waals surface area contributed by atoms with E-state index in [1.165, 1.54) is 19.3 Å². The molecule has 0 aliphatic heterocycles. The number of anilines is 1. The van der Waals surface area contributed by atoms with Crippen LogP contribution >= 0.6 is 0 Å². The minimum absolute atomic E-state index is 0.0191. The SMILES string of the molecule is CCC1(CNc2nccn(C(C)C)c2=O)CC1. The van der Waals surface area contributed by atoms with Gasteiger partial charge in [-0.1, -0.05) is 6.92 Å². The molecule has 0 unspecified atom stereocenters. The first kappa shape index (κ1) is 12.1. The highest BCUT2D eigenvalue weighted by Crippen LogP contribution is 2.48. The smallest absolute Gasteiger partial charge is 0.293 e. The van der Waals surface area contributed by atoms with E-state index in [0.29, 0.717) is 11.2 Å². The van der Waals surface area contributed by atoms with Crippen molar-refractivity contribution >= 4 is 5.82 Å². The lowest BCUT2D eigenvalue weighted by Gasteiger charge is -2.15. The summed E-state index contributed by atoms with van der Waals surface area (Å²) in [6.45, 7) is 7.08. The largest absolute Gasteiger partial charge is 0.365 e. The standard InChI is InChI=1S/C13H21N3O/c1-4-13(5-6-13)9-15-11-12(17)16(10(2)3)8-7-14-11/h7-8,10H,4-6,9H2,1-3H3,(H,14,15). The van der Waals surface area contributed by atoms with Gasteiger partial charge >= 0.3 is 0 Å². The van der Waals surface area contributed by atoms with Crippen molar-refractivity contribution in [3.05, 3.63) is 22.7 Å². The number of rotatable bonds is 5. The average molecular weight is 235 g/mol. The summed E-state index contributed by atoms with van der Waals surface area (Å²) in [6.07, 6.45) is 7.13. The molecule has 94 valence electrons.